The summed E-state index contributed by atoms with van der Waals surface area (Å²) < 4.78 is 22.6. The molecule has 1 aliphatic heterocycles. The number of amides is 1. The van der Waals surface area contributed by atoms with Gasteiger partial charge in [0, 0.05) is 6.42 Å². The molecule has 0 aromatic heterocycles. The molecular formula is C14H16N2O3S. The number of rotatable bonds is 3. The summed E-state index contributed by atoms with van der Waals surface area (Å²) in [4.78, 5) is 11.9. The fraction of sp³-hybridized carbons (Fsp3) is 0.429. The largest absolute Gasteiger partial charge is 0.325 e. The van der Waals surface area contributed by atoms with Crippen LogP contribution in [0.2, 0.25) is 0 Å². The number of hydrogen-bond donors (Lipinski definition) is 1. The van der Waals surface area contributed by atoms with Crippen molar-refractivity contribution in [2.24, 2.45) is 5.92 Å². The van der Waals surface area contributed by atoms with Crippen LogP contribution in [0.15, 0.2) is 24.3 Å². The highest BCUT2D eigenvalue weighted by atomic mass is 32.2. The van der Waals surface area contributed by atoms with Crippen molar-refractivity contribution >= 4 is 21.4 Å². The van der Waals surface area contributed by atoms with Gasteiger partial charge < -0.3 is 5.32 Å². The predicted molar refractivity (Wildman–Crippen MR) is 75.8 cm³/mol. The first-order valence-electron chi connectivity index (χ1n) is 6.49. The zero-order valence-corrected chi connectivity index (χ0v) is 11.8. The van der Waals surface area contributed by atoms with Crippen LogP contribution in [-0.2, 0) is 14.6 Å². The van der Waals surface area contributed by atoms with Crippen molar-refractivity contribution in [2.45, 2.75) is 19.3 Å². The van der Waals surface area contributed by atoms with Crippen LogP contribution in [0.3, 0.4) is 0 Å². The van der Waals surface area contributed by atoms with E-state index in [1.807, 2.05) is 6.07 Å². The molecule has 1 fully saturated rings. The number of hydrogen-bond acceptors (Lipinski definition) is 4. The van der Waals surface area contributed by atoms with Gasteiger partial charge in [0.25, 0.3) is 0 Å². The third kappa shape index (κ3) is 3.81. The van der Waals surface area contributed by atoms with Crippen LogP contribution in [0, 0.1) is 17.2 Å². The average molecular weight is 292 g/mol. The molecule has 1 aliphatic rings. The number of carbonyl (C=O) groups is 1. The number of benzene rings is 1. The summed E-state index contributed by atoms with van der Waals surface area (Å²) in [5, 5.41) is 11.7. The second-order valence-electron chi connectivity index (χ2n) is 5.00. The van der Waals surface area contributed by atoms with E-state index in [1.54, 1.807) is 24.3 Å². The molecule has 1 N–H and O–H groups in total. The molecule has 0 aliphatic carbocycles. The highest BCUT2D eigenvalue weighted by Crippen LogP contribution is 2.23. The maximum atomic E-state index is 11.9. The Kier molecular flexibility index (Phi) is 4.40. The molecule has 1 amide bonds. The van der Waals surface area contributed by atoms with Crippen LogP contribution in [-0.4, -0.2) is 25.8 Å². The molecule has 0 saturated carbocycles. The predicted octanol–water partition coefficient (Wildman–Crippen LogP) is 1.71. The van der Waals surface area contributed by atoms with E-state index in [4.69, 9.17) is 5.26 Å². The summed E-state index contributed by atoms with van der Waals surface area (Å²) in [6.45, 7) is 0. The second kappa shape index (κ2) is 6.06. The topological polar surface area (TPSA) is 87.0 Å². The van der Waals surface area contributed by atoms with Crippen LogP contribution >= 0.6 is 0 Å². The van der Waals surface area contributed by atoms with Crippen LogP contribution in [0.4, 0.5) is 5.69 Å². The normalized spacial score (nSPS) is 18.1. The Morgan fingerprint density at radius 2 is 1.95 bits per heavy atom. The van der Waals surface area contributed by atoms with E-state index in [-0.39, 0.29) is 23.3 Å². The zero-order chi connectivity index (χ0) is 14.6. The summed E-state index contributed by atoms with van der Waals surface area (Å²) in [5.41, 5.74) is 0.926. The van der Waals surface area contributed by atoms with E-state index in [0.29, 0.717) is 30.5 Å². The number of nitriles is 1. The van der Waals surface area contributed by atoms with Gasteiger partial charge in [0.2, 0.25) is 5.91 Å². The van der Waals surface area contributed by atoms with Gasteiger partial charge in [-0.05, 0) is 30.9 Å². The maximum Gasteiger partial charge on any atom is 0.224 e. The number of carbonyl (C=O) groups excluding carboxylic acids is 1. The lowest BCUT2D eigenvalue weighted by atomic mass is 9.98. The SMILES string of the molecule is N#Cc1ccccc1NC(=O)CC1CCS(=O)(=O)CC1. The van der Waals surface area contributed by atoms with Crippen LogP contribution in [0.25, 0.3) is 0 Å². The van der Waals surface area contributed by atoms with E-state index in [9.17, 15) is 13.2 Å². The monoisotopic (exact) mass is 292 g/mol. The lowest BCUT2D eigenvalue weighted by molar-refractivity contribution is -0.117. The van der Waals surface area contributed by atoms with E-state index in [2.05, 4.69) is 5.32 Å². The zero-order valence-electron chi connectivity index (χ0n) is 11.0. The van der Waals surface area contributed by atoms with Crippen molar-refractivity contribution in [3.05, 3.63) is 29.8 Å². The molecule has 1 saturated heterocycles. The second-order valence-corrected chi connectivity index (χ2v) is 7.31. The quantitative estimate of drug-likeness (QED) is 0.918. The minimum Gasteiger partial charge on any atom is -0.325 e. The first kappa shape index (κ1) is 14.5. The highest BCUT2D eigenvalue weighted by molar-refractivity contribution is 7.91. The summed E-state index contributed by atoms with van der Waals surface area (Å²) in [6, 6.07) is 8.84. The van der Waals surface area contributed by atoms with Crippen molar-refractivity contribution in [3.63, 3.8) is 0 Å². The highest BCUT2D eigenvalue weighted by Gasteiger charge is 2.25. The van der Waals surface area contributed by atoms with Gasteiger partial charge in [-0.15, -0.1) is 0 Å². The molecule has 1 aromatic carbocycles. The maximum absolute atomic E-state index is 11.9. The fourth-order valence-corrected chi connectivity index (χ4v) is 3.89. The summed E-state index contributed by atoms with van der Waals surface area (Å²) in [6.07, 6.45) is 1.38. The molecule has 1 heterocycles. The molecule has 0 radical (unpaired) electrons. The van der Waals surface area contributed by atoms with E-state index < -0.39 is 9.84 Å². The molecule has 20 heavy (non-hydrogen) atoms. The van der Waals surface area contributed by atoms with Gasteiger partial charge in [0.05, 0.1) is 22.8 Å². The van der Waals surface area contributed by atoms with Gasteiger partial charge in [-0.3, -0.25) is 4.79 Å². The third-order valence-corrected chi connectivity index (χ3v) is 5.19. The molecule has 1 aromatic rings. The van der Waals surface area contributed by atoms with Crippen LogP contribution < -0.4 is 5.32 Å². The fourth-order valence-electron chi connectivity index (χ4n) is 2.30. The van der Waals surface area contributed by atoms with Crippen molar-refractivity contribution in [1.82, 2.24) is 0 Å². The van der Waals surface area contributed by atoms with Crippen molar-refractivity contribution < 1.29 is 13.2 Å². The van der Waals surface area contributed by atoms with Crippen molar-refractivity contribution in [1.29, 1.82) is 5.26 Å². The Morgan fingerprint density at radius 1 is 1.30 bits per heavy atom. The third-order valence-electron chi connectivity index (χ3n) is 3.47. The number of para-hydroxylation sites is 1. The van der Waals surface area contributed by atoms with E-state index in [1.165, 1.54) is 0 Å². The molecule has 0 bridgehead atoms. The summed E-state index contributed by atoms with van der Waals surface area (Å²) in [5.74, 6) is 0.268. The van der Waals surface area contributed by atoms with Gasteiger partial charge in [-0.25, -0.2) is 8.42 Å². The van der Waals surface area contributed by atoms with Gasteiger partial charge in [0.1, 0.15) is 15.9 Å². The van der Waals surface area contributed by atoms with Gasteiger partial charge in [-0.1, -0.05) is 12.1 Å². The molecule has 5 nitrogen and oxygen atoms in total. The van der Waals surface area contributed by atoms with Crippen LogP contribution in [0.5, 0.6) is 0 Å². The summed E-state index contributed by atoms with van der Waals surface area (Å²) in [7, 11) is -2.90. The first-order valence-corrected chi connectivity index (χ1v) is 8.32. The molecule has 0 unspecified atom stereocenters. The molecule has 2 rings (SSSR count). The minimum absolute atomic E-state index is 0.104. The summed E-state index contributed by atoms with van der Waals surface area (Å²) >= 11 is 0. The molecule has 0 spiro atoms. The minimum atomic E-state index is -2.90. The molecule has 0 atom stereocenters. The smallest absolute Gasteiger partial charge is 0.224 e. The Morgan fingerprint density at radius 3 is 2.60 bits per heavy atom. The van der Waals surface area contributed by atoms with Crippen LogP contribution in [0.1, 0.15) is 24.8 Å². The van der Waals surface area contributed by atoms with Crippen molar-refractivity contribution in [2.75, 3.05) is 16.8 Å². The van der Waals surface area contributed by atoms with Gasteiger partial charge >= 0.3 is 0 Å². The Labute approximate surface area is 118 Å². The Balaban J connectivity index is 1.92. The van der Waals surface area contributed by atoms with Crippen molar-refractivity contribution in [3.8, 4) is 6.07 Å². The lowest BCUT2D eigenvalue weighted by Crippen LogP contribution is -2.26. The number of anilines is 1. The number of nitrogens with one attached hydrogen (secondary N) is 1. The standard InChI is InChI=1S/C14H16N2O3S/c15-10-12-3-1-2-4-13(12)16-14(17)9-11-5-7-20(18,19)8-6-11/h1-4,11H,5-9H2,(H,16,17). The average Bonchev–Trinajstić information content (AvgIpc) is 2.42. The Hall–Kier alpha value is -1.87. The van der Waals surface area contributed by atoms with E-state index >= 15 is 0 Å². The lowest BCUT2D eigenvalue weighted by Gasteiger charge is -2.21. The van der Waals surface area contributed by atoms with Gasteiger partial charge in [-0.2, -0.15) is 5.26 Å². The molecular weight excluding hydrogens is 276 g/mol. The first-order chi connectivity index (χ1) is 9.50. The molecule has 6 heteroatoms. The Bertz CT molecular complexity index is 633. The number of sulfone groups is 1. The number of nitrogens with zero attached hydrogens (tertiary/aromatic N) is 1. The molecule has 106 valence electrons. The van der Waals surface area contributed by atoms with E-state index in [0.717, 1.165) is 0 Å². The van der Waals surface area contributed by atoms with Gasteiger partial charge in [0.15, 0.2) is 0 Å².